The molecule has 2 heterocycles. The van der Waals surface area contributed by atoms with Gasteiger partial charge in [-0.1, -0.05) is 42.1 Å². The van der Waals surface area contributed by atoms with Crippen LogP contribution in [0.3, 0.4) is 0 Å². The van der Waals surface area contributed by atoms with Crippen LogP contribution >= 0.6 is 11.8 Å². The van der Waals surface area contributed by atoms with Gasteiger partial charge < -0.3 is 15.4 Å². The lowest BCUT2D eigenvalue weighted by atomic mass is 9.85. The highest BCUT2D eigenvalue weighted by Gasteiger charge is 2.42. The summed E-state index contributed by atoms with van der Waals surface area (Å²) >= 11 is 1.48. The molecule has 4 rings (SSSR count). The number of amides is 1. The Morgan fingerprint density at radius 2 is 1.90 bits per heavy atom. The molecule has 0 saturated heterocycles. The molecule has 29 heavy (non-hydrogen) atoms. The Hall–Kier alpha value is -3.00. The van der Waals surface area contributed by atoms with E-state index in [4.69, 9.17) is 4.74 Å². The summed E-state index contributed by atoms with van der Waals surface area (Å²) in [7, 11) is 1.64. The van der Waals surface area contributed by atoms with Crippen molar-refractivity contribution in [3.05, 3.63) is 60.2 Å². The Morgan fingerprint density at radius 3 is 2.55 bits per heavy atom. The zero-order valence-corrected chi connectivity index (χ0v) is 17.3. The van der Waals surface area contributed by atoms with E-state index in [9.17, 15) is 4.79 Å². The van der Waals surface area contributed by atoms with Gasteiger partial charge in [-0.3, -0.25) is 4.79 Å². The van der Waals surface area contributed by atoms with E-state index in [1.807, 2.05) is 72.5 Å². The largest absolute Gasteiger partial charge is 0.497 e. The molecule has 0 unspecified atom stereocenters. The topological polar surface area (TPSA) is 81.1 Å². The second kappa shape index (κ2) is 8.16. The molecular weight excluding hydrogens is 386 g/mol. The van der Waals surface area contributed by atoms with Crippen LogP contribution in [0.4, 0.5) is 11.6 Å². The van der Waals surface area contributed by atoms with E-state index >= 15 is 0 Å². The van der Waals surface area contributed by atoms with E-state index in [2.05, 4.69) is 20.7 Å². The summed E-state index contributed by atoms with van der Waals surface area (Å²) in [5, 5.41) is 11.7. The summed E-state index contributed by atoms with van der Waals surface area (Å²) in [6.07, 6.45) is 1.94. The highest BCUT2D eigenvalue weighted by molar-refractivity contribution is 7.98. The number of nitrogens with zero attached hydrogens (tertiary/aromatic N) is 3. The Bertz CT molecular complexity index is 990. The minimum absolute atomic E-state index is 0.0659. The minimum Gasteiger partial charge on any atom is -0.497 e. The van der Waals surface area contributed by atoms with E-state index in [-0.39, 0.29) is 23.9 Å². The molecule has 3 aromatic rings. The molecular formula is C21H23N5O2S. The number of thioether (sulfide) groups is 1. The van der Waals surface area contributed by atoms with Gasteiger partial charge in [0.1, 0.15) is 5.75 Å². The number of carbonyl (C=O) groups excluding carboxylic acids is 1. The zero-order valence-electron chi connectivity index (χ0n) is 16.5. The lowest BCUT2D eigenvalue weighted by Gasteiger charge is -2.36. The first-order valence-electron chi connectivity index (χ1n) is 9.37. The third-order valence-electron chi connectivity index (χ3n) is 5.09. The molecule has 1 amide bonds. The van der Waals surface area contributed by atoms with E-state index in [1.165, 1.54) is 11.8 Å². The molecule has 0 aliphatic carbocycles. The Labute approximate surface area is 173 Å². The average molecular weight is 410 g/mol. The number of hydrogen-bond acceptors (Lipinski definition) is 6. The molecule has 0 saturated carbocycles. The number of rotatable bonds is 5. The Balaban J connectivity index is 1.75. The number of benzene rings is 2. The average Bonchev–Trinajstić information content (AvgIpc) is 3.16. The molecule has 3 atom stereocenters. The van der Waals surface area contributed by atoms with E-state index in [1.54, 1.807) is 7.11 Å². The maximum Gasteiger partial charge on any atom is 0.232 e. The van der Waals surface area contributed by atoms with E-state index in [0.29, 0.717) is 11.1 Å². The number of ether oxygens (including phenoxy) is 1. The molecule has 0 fully saturated rings. The van der Waals surface area contributed by atoms with Gasteiger partial charge in [-0.15, -0.1) is 5.10 Å². The van der Waals surface area contributed by atoms with Crippen LogP contribution in [0.2, 0.25) is 0 Å². The van der Waals surface area contributed by atoms with Gasteiger partial charge >= 0.3 is 0 Å². The van der Waals surface area contributed by atoms with Gasteiger partial charge in [0.25, 0.3) is 0 Å². The van der Waals surface area contributed by atoms with Crippen molar-refractivity contribution >= 4 is 29.3 Å². The van der Waals surface area contributed by atoms with Crippen molar-refractivity contribution in [2.24, 2.45) is 5.92 Å². The van der Waals surface area contributed by atoms with Gasteiger partial charge in [0.2, 0.25) is 17.0 Å². The minimum atomic E-state index is -0.382. The summed E-state index contributed by atoms with van der Waals surface area (Å²) in [5.74, 6) is 0.993. The summed E-state index contributed by atoms with van der Waals surface area (Å²) < 4.78 is 7.11. The maximum absolute atomic E-state index is 13.3. The van der Waals surface area contributed by atoms with Crippen molar-refractivity contribution in [2.75, 3.05) is 24.0 Å². The van der Waals surface area contributed by atoms with Gasteiger partial charge in [0, 0.05) is 11.7 Å². The first kappa shape index (κ1) is 19.3. The zero-order chi connectivity index (χ0) is 20.4. The van der Waals surface area contributed by atoms with Crippen molar-refractivity contribution in [1.82, 2.24) is 14.8 Å². The third kappa shape index (κ3) is 3.80. The van der Waals surface area contributed by atoms with Crippen molar-refractivity contribution in [3.63, 3.8) is 0 Å². The van der Waals surface area contributed by atoms with Crippen LogP contribution in [0.25, 0.3) is 0 Å². The van der Waals surface area contributed by atoms with Crippen LogP contribution in [-0.4, -0.2) is 40.1 Å². The monoisotopic (exact) mass is 409 g/mol. The van der Waals surface area contributed by atoms with Crippen molar-refractivity contribution in [1.29, 1.82) is 0 Å². The standard InChI is InChI=1S/C21H23N5O2S/c1-13-17(19(27)23-15-7-5-4-6-8-15)18(14-9-11-16(28-2)12-10-14)26-20(22-13)24-21(25-26)29-3/h4-13,17-18H,1-3H3,(H,23,27)(H,22,24,25)/t13-,17-,18-/m1/s1. The molecule has 150 valence electrons. The lowest BCUT2D eigenvalue weighted by Crippen LogP contribution is -2.46. The SMILES string of the molecule is COc1ccc([C@@H]2[C@H](C(=O)Nc3ccccc3)[C@@H](C)Nc3nc(SC)nn32)cc1. The first-order chi connectivity index (χ1) is 14.1. The smallest absolute Gasteiger partial charge is 0.232 e. The van der Waals surface area contributed by atoms with Crippen molar-refractivity contribution in [3.8, 4) is 5.75 Å². The van der Waals surface area contributed by atoms with Gasteiger partial charge in [-0.05, 0) is 43.0 Å². The number of fused-ring (bicyclic) bond motifs is 1. The highest BCUT2D eigenvalue weighted by Crippen LogP contribution is 2.38. The number of para-hydroxylation sites is 1. The van der Waals surface area contributed by atoms with Crippen molar-refractivity contribution < 1.29 is 9.53 Å². The second-order valence-electron chi connectivity index (χ2n) is 6.90. The lowest BCUT2D eigenvalue weighted by molar-refractivity contribution is -0.121. The second-order valence-corrected chi connectivity index (χ2v) is 7.67. The summed E-state index contributed by atoms with van der Waals surface area (Å²) in [6, 6.07) is 16.8. The molecule has 0 radical (unpaired) electrons. The van der Waals surface area contributed by atoms with Crippen LogP contribution in [0, 0.1) is 5.92 Å². The van der Waals surface area contributed by atoms with Crippen LogP contribution < -0.4 is 15.4 Å². The number of aromatic nitrogens is 3. The van der Waals surface area contributed by atoms with Crippen LogP contribution in [-0.2, 0) is 4.79 Å². The first-order valence-corrected chi connectivity index (χ1v) is 10.6. The normalized spacial score (nSPS) is 20.4. The van der Waals surface area contributed by atoms with E-state index in [0.717, 1.165) is 17.0 Å². The summed E-state index contributed by atoms with van der Waals surface area (Å²) in [4.78, 5) is 17.9. The predicted octanol–water partition coefficient (Wildman–Crippen LogP) is 3.67. The van der Waals surface area contributed by atoms with Crippen LogP contribution in [0.1, 0.15) is 18.5 Å². The molecule has 2 N–H and O–H groups in total. The number of carbonyl (C=O) groups is 1. The molecule has 1 aromatic heterocycles. The van der Waals surface area contributed by atoms with Crippen LogP contribution in [0.5, 0.6) is 5.75 Å². The van der Waals surface area contributed by atoms with Crippen molar-refractivity contribution in [2.45, 2.75) is 24.2 Å². The Kier molecular flexibility index (Phi) is 5.44. The Morgan fingerprint density at radius 1 is 1.17 bits per heavy atom. The quantitative estimate of drug-likeness (QED) is 0.626. The summed E-state index contributed by atoms with van der Waals surface area (Å²) in [6.45, 7) is 2.00. The highest BCUT2D eigenvalue weighted by atomic mass is 32.2. The van der Waals surface area contributed by atoms with E-state index < -0.39 is 0 Å². The fourth-order valence-electron chi connectivity index (χ4n) is 3.67. The molecule has 0 bridgehead atoms. The number of anilines is 2. The summed E-state index contributed by atoms with van der Waals surface area (Å²) in [5.41, 5.74) is 1.75. The fourth-order valence-corrected chi connectivity index (χ4v) is 4.02. The predicted molar refractivity (Wildman–Crippen MR) is 115 cm³/mol. The molecule has 0 spiro atoms. The maximum atomic E-state index is 13.3. The molecule has 2 aromatic carbocycles. The van der Waals surface area contributed by atoms with Crippen LogP contribution in [0.15, 0.2) is 59.8 Å². The fraction of sp³-hybridized carbons (Fsp3) is 0.286. The van der Waals surface area contributed by atoms with Gasteiger partial charge in [0.15, 0.2) is 0 Å². The van der Waals surface area contributed by atoms with Gasteiger partial charge in [0.05, 0.1) is 19.1 Å². The number of nitrogens with one attached hydrogen (secondary N) is 2. The molecule has 1 aliphatic rings. The molecule has 1 aliphatic heterocycles. The number of hydrogen-bond donors (Lipinski definition) is 2. The third-order valence-corrected chi connectivity index (χ3v) is 5.63. The molecule has 7 nitrogen and oxygen atoms in total. The van der Waals surface area contributed by atoms with Gasteiger partial charge in [-0.2, -0.15) is 4.98 Å². The van der Waals surface area contributed by atoms with Gasteiger partial charge in [-0.25, -0.2) is 4.68 Å². The number of methoxy groups -OCH3 is 1. The molecule has 8 heteroatoms.